The van der Waals surface area contributed by atoms with Gasteiger partial charge in [-0.1, -0.05) is 0 Å². The molecule has 0 aliphatic carbocycles. The third-order valence-corrected chi connectivity index (χ3v) is 3.52. The number of rotatable bonds is 4. The van der Waals surface area contributed by atoms with Crippen LogP contribution < -0.4 is 0 Å². The molecule has 8 heteroatoms. The van der Waals surface area contributed by atoms with Crippen LogP contribution in [0.25, 0.3) is 0 Å². The fourth-order valence-electron chi connectivity index (χ4n) is 1.00. The Bertz CT molecular complexity index is 529. The predicted octanol–water partition coefficient (Wildman–Crippen LogP) is 1.85. The zero-order chi connectivity index (χ0) is 12.3. The van der Waals surface area contributed by atoms with Gasteiger partial charge in [-0.2, -0.15) is 0 Å². The number of carbonyl (C=O) groups is 1. The molecule has 2 heterocycles. The fraction of sp³-hybridized carbons (Fsp3) is 0.111. The summed E-state index contributed by atoms with van der Waals surface area (Å²) < 4.78 is 13.2. The molecule has 5 nitrogen and oxygen atoms in total. The van der Waals surface area contributed by atoms with E-state index < -0.39 is 11.8 Å². The number of carboxylic acid groups (broad SMARTS) is 1. The normalized spacial score (nSPS) is 10.4. The summed E-state index contributed by atoms with van der Waals surface area (Å²) in [7, 11) is 0. The topological polar surface area (TPSA) is 76.0 Å². The minimum atomic E-state index is -0.926. The first kappa shape index (κ1) is 11.9. The molecule has 0 amide bonds. The van der Waals surface area contributed by atoms with Gasteiger partial charge < -0.3 is 5.11 Å². The molecule has 88 valence electrons. The lowest BCUT2D eigenvalue weighted by Gasteiger charge is -1.94. The van der Waals surface area contributed by atoms with Crippen LogP contribution in [0.2, 0.25) is 0 Å². The van der Waals surface area contributed by atoms with E-state index >= 15 is 0 Å². The van der Waals surface area contributed by atoms with Crippen LogP contribution in [0.1, 0.15) is 5.69 Å². The number of hydrogen-bond donors (Lipinski definition) is 1. The molecule has 0 saturated heterocycles. The molecule has 0 aliphatic heterocycles. The van der Waals surface area contributed by atoms with E-state index in [1.165, 1.54) is 23.1 Å². The van der Waals surface area contributed by atoms with E-state index in [0.717, 1.165) is 12.4 Å². The highest BCUT2D eigenvalue weighted by Crippen LogP contribution is 2.27. The van der Waals surface area contributed by atoms with Crippen molar-refractivity contribution in [3.8, 4) is 0 Å². The highest BCUT2D eigenvalue weighted by molar-refractivity contribution is 8.00. The molecule has 2 aromatic rings. The van der Waals surface area contributed by atoms with E-state index in [1.807, 2.05) is 0 Å². The number of nitrogens with zero attached hydrogens (tertiary/aromatic N) is 3. The number of halogens is 1. The zero-order valence-electron chi connectivity index (χ0n) is 8.33. The predicted molar refractivity (Wildman–Crippen MR) is 59.6 cm³/mol. The molecule has 2 aromatic heterocycles. The van der Waals surface area contributed by atoms with Crippen LogP contribution in [0.3, 0.4) is 0 Å². The number of carboxylic acids is 1. The van der Waals surface area contributed by atoms with Gasteiger partial charge in [-0.15, -0.1) is 11.3 Å². The summed E-state index contributed by atoms with van der Waals surface area (Å²) in [4.78, 5) is 22.1. The van der Waals surface area contributed by atoms with Gasteiger partial charge in [0.05, 0.1) is 24.5 Å². The third kappa shape index (κ3) is 3.46. The lowest BCUT2D eigenvalue weighted by molar-refractivity contribution is -0.136. The second-order valence-electron chi connectivity index (χ2n) is 2.96. The van der Waals surface area contributed by atoms with Crippen molar-refractivity contribution in [2.45, 2.75) is 15.9 Å². The average molecular weight is 271 g/mol. The van der Waals surface area contributed by atoms with Crippen molar-refractivity contribution in [2.75, 3.05) is 0 Å². The molecule has 0 spiro atoms. The van der Waals surface area contributed by atoms with Gasteiger partial charge in [0.1, 0.15) is 0 Å². The number of aromatic nitrogens is 3. The zero-order valence-corrected chi connectivity index (χ0v) is 9.96. The van der Waals surface area contributed by atoms with Crippen LogP contribution in [-0.2, 0) is 11.2 Å². The largest absolute Gasteiger partial charge is 0.481 e. The Balaban J connectivity index is 2.06. The Morgan fingerprint density at radius 3 is 2.82 bits per heavy atom. The van der Waals surface area contributed by atoms with Crippen LogP contribution >= 0.6 is 23.1 Å². The molecule has 0 aliphatic rings. The summed E-state index contributed by atoms with van der Waals surface area (Å²) in [5.74, 6) is -1.43. The van der Waals surface area contributed by atoms with Crippen molar-refractivity contribution < 1.29 is 14.3 Å². The summed E-state index contributed by atoms with van der Waals surface area (Å²) >= 11 is 2.48. The first-order chi connectivity index (χ1) is 8.13. The molecule has 0 saturated carbocycles. The third-order valence-electron chi connectivity index (χ3n) is 1.64. The van der Waals surface area contributed by atoms with Gasteiger partial charge in [0.15, 0.2) is 15.3 Å². The average Bonchev–Trinajstić information content (AvgIpc) is 2.68. The highest BCUT2D eigenvalue weighted by Gasteiger charge is 2.08. The number of hydrogen-bond acceptors (Lipinski definition) is 6. The molecule has 17 heavy (non-hydrogen) atoms. The van der Waals surface area contributed by atoms with Crippen LogP contribution in [0.5, 0.6) is 0 Å². The first-order valence-electron chi connectivity index (χ1n) is 4.45. The maximum Gasteiger partial charge on any atom is 0.309 e. The van der Waals surface area contributed by atoms with Crippen molar-refractivity contribution in [3.63, 3.8) is 0 Å². The van der Waals surface area contributed by atoms with E-state index in [0.29, 0.717) is 15.2 Å². The molecule has 1 N–H and O–H groups in total. The maximum atomic E-state index is 12.6. The Morgan fingerprint density at radius 2 is 2.18 bits per heavy atom. The van der Waals surface area contributed by atoms with E-state index in [9.17, 15) is 9.18 Å². The van der Waals surface area contributed by atoms with Crippen LogP contribution in [0.4, 0.5) is 4.39 Å². The summed E-state index contributed by atoms with van der Waals surface area (Å²) in [5.41, 5.74) is 0.493. The summed E-state index contributed by atoms with van der Waals surface area (Å²) in [6, 6.07) is 0. The van der Waals surface area contributed by atoms with Crippen molar-refractivity contribution in [1.29, 1.82) is 0 Å². The van der Waals surface area contributed by atoms with Crippen molar-refractivity contribution >= 4 is 29.1 Å². The van der Waals surface area contributed by atoms with E-state index in [4.69, 9.17) is 5.11 Å². The standard InChI is InChI=1S/C9H6FN3O2S2/c10-5-2-11-8(12-3-5)17-9-13-6(4-16-9)1-7(14)15/h2-4H,1H2,(H,14,15). The molecule has 0 unspecified atom stereocenters. The lowest BCUT2D eigenvalue weighted by Crippen LogP contribution is -1.99. The van der Waals surface area contributed by atoms with Gasteiger partial charge in [-0.3, -0.25) is 4.79 Å². The monoisotopic (exact) mass is 271 g/mol. The van der Waals surface area contributed by atoms with Crippen molar-refractivity contribution in [1.82, 2.24) is 15.0 Å². The molecular weight excluding hydrogens is 265 g/mol. The Morgan fingerprint density at radius 1 is 1.47 bits per heavy atom. The van der Waals surface area contributed by atoms with Crippen LogP contribution in [-0.4, -0.2) is 26.0 Å². The number of thiazole rings is 1. The first-order valence-corrected chi connectivity index (χ1v) is 6.14. The van der Waals surface area contributed by atoms with Gasteiger partial charge in [-0.25, -0.2) is 19.3 Å². The van der Waals surface area contributed by atoms with E-state index in [-0.39, 0.29) is 6.42 Å². The van der Waals surface area contributed by atoms with Crippen molar-refractivity contribution in [2.24, 2.45) is 0 Å². The Labute approximate surface area is 104 Å². The van der Waals surface area contributed by atoms with Gasteiger partial charge in [-0.05, 0) is 11.8 Å². The smallest absolute Gasteiger partial charge is 0.309 e. The molecule has 0 bridgehead atoms. The quantitative estimate of drug-likeness (QED) is 0.855. The SMILES string of the molecule is O=C(O)Cc1csc(Sc2ncc(F)cn2)n1. The van der Waals surface area contributed by atoms with E-state index in [2.05, 4.69) is 15.0 Å². The molecule has 0 atom stereocenters. The molecule has 0 fully saturated rings. The van der Waals surface area contributed by atoms with E-state index in [1.54, 1.807) is 5.38 Å². The van der Waals surface area contributed by atoms with Gasteiger partial charge in [0.2, 0.25) is 0 Å². The number of aliphatic carboxylic acids is 1. The molecule has 0 radical (unpaired) electrons. The minimum Gasteiger partial charge on any atom is -0.481 e. The van der Waals surface area contributed by atoms with Gasteiger partial charge in [0.25, 0.3) is 0 Å². The minimum absolute atomic E-state index is 0.110. The lowest BCUT2D eigenvalue weighted by atomic mass is 10.3. The van der Waals surface area contributed by atoms with Gasteiger partial charge in [0, 0.05) is 5.38 Å². The van der Waals surface area contributed by atoms with Crippen molar-refractivity contribution in [3.05, 3.63) is 29.3 Å². The fourth-order valence-corrected chi connectivity index (χ4v) is 2.64. The second-order valence-corrected chi connectivity index (χ2v) is 5.03. The van der Waals surface area contributed by atoms with Crippen LogP contribution in [0, 0.1) is 5.82 Å². The van der Waals surface area contributed by atoms with Crippen LogP contribution in [0.15, 0.2) is 27.3 Å². The summed E-state index contributed by atoms with van der Waals surface area (Å²) in [6.07, 6.45) is 2.03. The highest BCUT2D eigenvalue weighted by atomic mass is 32.2. The molecule has 2 rings (SSSR count). The molecular formula is C9H6FN3O2S2. The Hall–Kier alpha value is -1.54. The maximum absolute atomic E-state index is 12.6. The Kier molecular flexibility index (Phi) is 3.64. The van der Waals surface area contributed by atoms with Gasteiger partial charge >= 0.3 is 5.97 Å². The molecule has 0 aromatic carbocycles. The summed E-state index contributed by atoms with van der Waals surface area (Å²) in [5, 5.41) is 10.6. The second kappa shape index (κ2) is 5.19. The summed E-state index contributed by atoms with van der Waals surface area (Å²) in [6.45, 7) is 0.